The smallest absolute Gasteiger partial charge is 0.250 e. The number of halogens is 2. The van der Waals surface area contributed by atoms with Crippen LogP contribution in [0.25, 0.3) is 0 Å². The van der Waals surface area contributed by atoms with E-state index in [-0.39, 0.29) is 24.1 Å². The monoisotopic (exact) mass is 366 g/mol. The highest BCUT2D eigenvalue weighted by atomic mass is 35.5. The number of benzene rings is 1. The topological polar surface area (TPSA) is 50.2 Å². The Hall–Kier alpha value is -1.92. The first-order chi connectivity index (χ1) is 11.6. The van der Waals surface area contributed by atoms with Gasteiger partial charge >= 0.3 is 0 Å². The molecule has 2 aromatic rings. The van der Waals surface area contributed by atoms with Gasteiger partial charge in [0.2, 0.25) is 5.91 Å². The van der Waals surface area contributed by atoms with Gasteiger partial charge in [-0.2, -0.15) is 5.10 Å². The van der Waals surface area contributed by atoms with Crippen molar-refractivity contribution >= 4 is 18.3 Å². The van der Waals surface area contributed by atoms with Crippen LogP contribution in [0.15, 0.2) is 42.7 Å². The number of nitrogens with zero attached hydrogens (tertiary/aromatic N) is 3. The van der Waals surface area contributed by atoms with E-state index in [1.807, 2.05) is 24.0 Å². The van der Waals surface area contributed by atoms with Gasteiger partial charge in [-0.25, -0.2) is 4.39 Å². The van der Waals surface area contributed by atoms with Gasteiger partial charge in [0.1, 0.15) is 11.4 Å². The zero-order chi connectivity index (χ0) is 17.0. The van der Waals surface area contributed by atoms with E-state index < -0.39 is 5.54 Å². The highest BCUT2D eigenvalue weighted by molar-refractivity contribution is 5.85. The Kier molecular flexibility index (Phi) is 6.56. The van der Waals surface area contributed by atoms with Gasteiger partial charge in [0, 0.05) is 26.0 Å². The SMILES string of the molecule is CN(CCc1ccc(F)cc1)C(=O)C1(n2cccn2)CCNCC1.Cl. The van der Waals surface area contributed by atoms with Crippen LogP contribution in [0, 0.1) is 5.82 Å². The van der Waals surface area contributed by atoms with Crippen molar-refractivity contribution in [2.75, 3.05) is 26.7 Å². The van der Waals surface area contributed by atoms with E-state index in [2.05, 4.69) is 10.4 Å². The lowest BCUT2D eigenvalue weighted by Gasteiger charge is -2.39. The molecule has 1 aliphatic heterocycles. The fourth-order valence-electron chi connectivity index (χ4n) is 3.31. The Morgan fingerprint density at radius 1 is 1.32 bits per heavy atom. The molecule has 1 aromatic carbocycles. The molecule has 5 nitrogen and oxygen atoms in total. The molecule has 2 heterocycles. The second kappa shape index (κ2) is 8.45. The summed E-state index contributed by atoms with van der Waals surface area (Å²) in [5.74, 6) is -0.148. The number of aromatic nitrogens is 2. The van der Waals surface area contributed by atoms with Crippen molar-refractivity contribution in [3.63, 3.8) is 0 Å². The van der Waals surface area contributed by atoms with Crippen LogP contribution >= 0.6 is 12.4 Å². The van der Waals surface area contributed by atoms with Gasteiger partial charge < -0.3 is 10.2 Å². The molecule has 1 N–H and O–H groups in total. The standard InChI is InChI=1S/C18H23FN4O.ClH/c1-22(14-7-15-3-5-16(19)6-4-15)17(24)18(8-11-20-12-9-18)23-13-2-10-21-23;/h2-6,10,13,20H,7-9,11-12,14H2,1H3;1H. The predicted molar refractivity (Wildman–Crippen MR) is 97.3 cm³/mol. The Morgan fingerprint density at radius 2 is 2.00 bits per heavy atom. The largest absolute Gasteiger partial charge is 0.343 e. The maximum atomic E-state index is 13.2. The second-order valence-electron chi connectivity index (χ2n) is 6.34. The van der Waals surface area contributed by atoms with Crippen LogP contribution in [0.5, 0.6) is 0 Å². The van der Waals surface area contributed by atoms with Crippen LogP contribution in [0.3, 0.4) is 0 Å². The number of piperidine rings is 1. The third-order valence-corrected chi connectivity index (χ3v) is 4.77. The van der Waals surface area contributed by atoms with Crippen molar-refractivity contribution in [1.29, 1.82) is 0 Å². The van der Waals surface area contributed by atoms with E-state index in [1.54, 1.807) is 23.2 Å². The van der Waals surface area contributed by atoms with Gasteiger partial charge in [0.15, 0.2) is 0 Å². The number of carbonyl (C=O) groups excluding carboxylic acids is 1. The van der Waals surface area contributed by atoms with Crippen molar-refractivity contribution < 1.29 is 9.18 Å². The van der Waals surface area contributed by atoms with Crippen molar-refractivity contribution in [3.05, 3.63) is 54.1 Å². The number of rotatable bonds is 5. The summed E-state index contributed by atoms with van der Waals surface area (Å²) in [5, 5.41) is 7.65. The molecule has 0 saturated carbocycles. The molecule has 0 bridgehead atoms. The van der Waals surface area contributed by atoms with Gasteiger partial charge in [-0.05, 0) is 56.1 Å². The third kappa shape index (κ3) is 4.19. The Bertz CT molecular complexity index is 669. The van der Waals surface area contributed by atoms with Gasteiger partial charge in [-0.3, -0.25) is 9.48 Å². The van der Waals surface area contributed by atoms with E-state index >= 15 is 0 Å². The zero-order valence-corrected chi connectivity index (χ0v) is 15.1. The molecule has 1 aromatic heterocycles. The summed E-state index contributed by atoms with van der Waals surface area (Å²) < 4.78 is 14.8. The number of carbonyl (C=O) groups is 1. The lowest BCUT2D eigenvalue weighted by atomic mass is 9.87. The molecule has 136 valence electrons. The van der Waals surface area contributed by atoms with E-state index in [0.29, 0.717) is 13.0 Å². The van der Waals surface area contributed by atoms with Crippen LogP contribution < -0.4 is 5.32 Å². The summed E-state index contributed by atoms with van der Waals surface area (Å²) in [6, 6.07) is 8.29. The molecular formula is C18H24ClFN4O. The third-order valence-electron chi connectivity index (χ3n) is 4.77. The van der Waals surface area contributed by atoms with Gasteiger partial charge in [0.25, 0.3) is 0 Å². The minimum Gasteiger partial charge on any atom is -0.343 e. The molecule has 0 radical (unpaired) electrons. The second-order valence-corrected chi connectivity index (χ2v) is 6.34. The lowest BCUT2D eigenvalue weighted by Crippen LogP contribution is -2.55. The molecule has 1 saturated heterocycles. The van der Waals surface area contributed by atoms with Crippen molar-refractivity contribution in [1.82, 2.24) is 20.0 Å². The first-order valence-electron chi connectivity index (χ1n) is 8.33. The normalized spacial score (nSPS) is 16.1. The molecule has 1 fully saturated rings. The number of hydrogen-bond acceptors (Lipinski definition) is 3. The van der Waals surface area contributed by atoms with E-state index in [9.17, 15) is 9.18 Å². The average Bonchev–Trinajstić information content (AvgIpc) is 3.16. The van der Waals surface area contributed by atoms with Crippen molar-refractivity contribution in [2.24, 2.45) is 0 Å². The fraction of sp³-hybridized carbons (Fsp3) is 0.444. The molecule has 0 unspecified atom stereocenters. The number of hydrogen-bond donors (Lipinski definition) is 1. The van der Waals surface area contributed by atoms with Gasteiger partial charge in [-0.1, -0.05) is 12.1 Å². The minimum atomic E-state index is -0.605. The molecule has 25 heavy (non-hydrogen) atoms. The summed E-state index contributed by atoms with van der Waals surface area (Å²) in [7, 11) is 1.83. The quantitative estimate of drug-likeness (QED) is 0.882. The molecule has 0 spiro atoms. The van der Waals surface area contributed by atoms with E-state index in [4.69, 9.17) is 0 Å². The summed E-state index contributed by atoms with van der Waals surface area (Å²) in [6.45, 7) is 2.20. The maximum absolute atomic E-state index is 13.2. The number of nitrogens with one attached hydrogen (secondary N) is 1. The van der Waals surface area contributed by atoms with E-state index in [1.165, 1.54) is 12.1 Å². The number of amides is 1. The highest BCUT2D eigenvalue weighted by Crippen LogP contribution is 2.29. The Morgan fingerprint density at radius 3 is 2.60 bits per heavy atom. The van der Waals surface area contributed by atoms with Crippen LogP contribution in [-0.2, 0) is 16.8 Å². The van der Waals surface area contributed by atoms with Crippen LogP contribution in [0.4, 0.5) is 4.39 Å². The first-order valence-corrected chi connectivity index (χ1v) is 8.33. The van der Waals surface area contributed by atoms with Gasteiger partial charge in [-0.15, -0.1) is 12.4 Å². The lowest BCUT2D eigenvalue weighted by molar-refractivity contribution is -0.141. The van der Waals surface area contributed by atoms with E-state index in [0.717, 1.165) is 31.5 Å². The Balaban J connectivity index is 0.00000225. The number of likely N-dealkylation sites (N-methyl/N-ethyl adjacent to an activating group) is 1. The summed E-state index contributed by atoms with van der Waals surface area (Å²) in [5.41, 5.74) is 0.418. The van der Waals surface area contributed by atoms with Crippen molar-refractivity contribution in [3.8, 4) is 0 Å². The maximum Gasteiger partial charge on any atom is 0.250 e. The molecule has 3 rings (SSSR count). The molecule has 1 amide bonds. The van der Waals surface area contributed by atoms with Gasteiger partial charge in [0.05, 0.1) is 0 Å². The predicted octanol–water partition coefficient (Wildman–Crippen LogP) is 2.22. The van der Waals surface area contributed by atoms with Crippen LogP contribution in [0.2, 0.25) is 0 Å². The summed E-state index contributed by atoms with van der Waals surface area (Å²) in [4.78, 5) is 14.9. The molecule has 1 aliphatic rings. The molecular weight excluding hydrogens is 343 g/mol. The average molecular weight is 367 g/mol. The molecule has 0 aliphatic carbocycles. The molecule has 7 heteroatoms. The molecule has 0 atom stereocenters. The highest BCUT2D eigenvalue weighted by Gasteiger charge is 2.43. The Labute approximate surface area is 153 Å². The summed E-state index contributed by atoms with van der Waals surface area (Å²) in [6.07, 6.45) is 5.76. The van der Waals surface area contributed by atoms with Crippen LogP contribution in [0.1, 0.15) is 18.4 Å². The van der Waals surface area contributed by atoms with Crippen molar-refractivity contribution in [2.45, 2.75) is 24.8 Å². The fourth-order valence-corrected chi connectivity index (χ4v) is 3.31. The first kappa shape index (κ1) is 19.4. The minimum absolute atomic E-state index is 0. The van der Waals surface area contributed by atoms with Crippen LogP contribution in [-0.4, -0.2) is 47.3 Å². The summed E-state index contributed by atoms with van der Waals surface area (Å²) >= 11 is 0. The zero-order valence-electron chi connectivity index (χ0n) is 14.3.